The lowest BCUT2D eigenvalue weighted by Crippen LogP contribution is -2.30. The van der Waals surface area contributed by atoms with E-state index in [0.29, 0.717) is 23.1 Å². The Morgan fingerprint density at radius 3 is 2.58 bits per heavy atom. The van der Waals surface area contributed by atoms with Crippen LogP contribution in [0.1, 0.15) is 36.1 Å². The van der Waals surface area contributed by atoms with Crippen molar-refractivity contribution in [3.8, 4) is 0 Å². The van der Waals surface area contributed by atoms with Crippen molar-refractivity contribution in [1.29, 1.82) is 0 Å². The molecule has 1 aliphatic rings. The molecular weight excluding hydrogens is 374 g/mol. The van der Waals surface area contributed by atoms with Crippen LogP contribution < -0.4 is 5.32 Å². The number of carbonyl (C=O) groups is 3. The van der Waals surface area contributed by atoms with Crippen molar-refractivity contribution in [3.05, 3.63) is 45.9 Å². The van der Waals surface area contributed by atoms with Gasteiger partial charge in [0.25, 0.3) is 0 Å². The number of rotatable bonds is 7. The summed E-state index contributed by atoms with van der Waals surface area (Å²) in [7, 11) is 0. The minimum Gasteiger partial charge on any atom is -0.302 e. The first-order chi connectivity index (χ1) is 12.5. The highest BCUT2D eigenvalue weighted by molar-refractivity contribution is 7.15. The highest BCUT2D eigenvalue weighted by Crippen LogP contribution is 2.22. The molecule has 0 bridgehead atoms. The first-order valence-electron chi connectivity index (χ1n) is 8.33. The van der Waals surface area contributed by atoms with Gasteiger partial charge < -0.3 is 5.32 Å². The van der Waals surface area contributed by atoms with Crippen molar-refractivity contribution in [1.82, 2.24) is 9.88 Å². The van der Waals surface area contributed by atoms with Crippen LogP contribution in [0.3, 0.4) is 0 Å². The number of anilines is 1. The molecule has 0 unspecified atom stereocenters. The Hall–Kier alpha value is -2.25. The van der Waals surface area contributed by atoms with Gasteiger partial charge in [-0.3, -0.25) is 19.3 Å². The lowest BCUT2D eigenvalue weighted by molar-refractivity contribution is -0.138. The Kier molecular flexibility index (Phi) is 6.00. The largest absolute Gasteiger partial charge is 0.302 e. The maximum atomic E-state index is 12.0. The highest BCUT2D eigenvalue weighted by atomic mass is 35.5. The smallest absolute Gasteiger partial charge is 0.229 e. The van der Waals surface area contributed by atoms with E-state index in [-0.39, 0.29) is 37.0 Å². The van der Waals surface area contributed by atoms with Crippen LogP contribution in [0.15, 0.2) is 30.5 Å². The van der Waals surface area contributed by atoms with Gasteiger partial charge in [-0.05, 0) is 24.1 Å². The van der Waals surface area contributed by atoms with Gasteiger partial charge in [0.15, 0.2) is 5.13 Å². The monoisotopic (exact) mass is 391 g/mol. The third kappa shape index (κ3) is 4.89. The number of thiazole rings is 1. The van der Waals surface area contributed by atoms with E-state index in [9.17, 15) is 14.4 Å². The molecule has 0 spiro atoms. The number of carbonyl (C=O) groups excluding carboxylic acids is 3. The number of imide groups is 1. The van der Waals surface area contributed by atoms with Crippen molar-refractivity contribution in [2.45, 2.75) is 32.1 Å². The Labute approximate surface area is 160 Å². The van der Waals surface area contributed by atoms with E-state index in [4.69, 9.17) is 11.6 Å². The zero-order valence-corrected chi connectivity index (χ0v) is 15.6. The minimum absolute atomic E-state index is 0.151. The molecule has 26 heavy (non-hydrogen) atoms. The van der Waals surface area contributed by atoms with Crippen LogP contribution in [0.5, 0.6) is 0 Å². The molecule has 1 aliphatic heterocycles. The van der Waals surface area contributed by atoms with Crippen molar-refractivity contribution in [2.24, 2.45) is 0 Å². The molecule has 1 N–H and O–H groups in total. The third-order valence-corrected chi connectivity index (χ3v) is 5.20. The van der Waals surface area contributed by atoms with Gasteiger partial charge in [-0.2, -0.15) is 0 Å². The molecule has 0 saturated carbocycles. The van der Waals surface area contributed by atoms with Gasteiger partial charge in [0, 0.05) is 48.3 Å². The van der Waals surface area contributed by atoms with Crippen LogP contribution in [0.2, 0.25) is 5.02 Å². The van der Waals surface area contributed by atoms with E-state index in [1.807, 2.05) is 24.3 Å². The summed E-state index contributed by atoms with van der Waals surface area (Å²) in [6.45, 7) is 0.296. The minimum atomic E-state index is -0.170. The molecule has 3 amide bonds. The molecule has 136 valence electrons. The summed E-state index contributed by atoms with van der Waals surface area (Å²) < 4.78 is 0. The fourth-order valence-corrected chi connectivity index (χ4v) is 3.69. The second kappa shape index (κ2) is 8.42. The predicted molar refractivity (Wildman–Crippen MR) is 100 cm³/mol. The zero-order valence-electron chi connectivity index (χ0n) is 14.0. The fraction of sp³-hybridized carbons (Fsp3) is 0.333. The summed E-state index contributed by atoms with van der Waals surface area (Å²) in [6.07, 6.45) is 3.72. The second-order valence-electron chi connectivity index (χ2n) is 6.03. The van der Waals surface area contributed by atoms with Crippen LogP contribution in [0.4, 0.5) is 5.13 Å². The third-order valence-electron chi connectivity index (χ3n) is 4.03. The van der Waals surface area contributed by atoms with Crippen molar-refractivity contribution < 1.29 is 14.4 Å². The van der Waals surface area contributed by atoms with E-state index in [1.165, 1.54) is 16.2 Å². The highest BCUT2D eigenvalue weighted by Gasteiger charge is 2.28. The first kappa shape index (κ1) is 18.5. The molecule has 3 rings (SSSR count). The van der Waals surface area contributed by atoms with Crippen LogP contribution in [0, 0.1) is 0 Å². The average Bonchev–Trinajstić information content (AvgIpc) is 3.17. The van der Waals surface area contributed by atoms with Gasteiger partial charge in [0.1, 0.15) is 0 Å². The van der Waals surface area contributed by atoms with E-state index in [0.717, 1.165) is 16.9 Å². The number of nitrogens with zero attached hydrogens (tertiary/aromatic N) is 2. The number of halogens is 1. The average molecular weight is 392 g/mol. The van der Waals surface area contributed by atoms with Crippen LogP contribution in [-0.2, 0) is 20.8 Å². The second-order valence-corrected chi connectivity index (χ2v) is 7.58. The summed E-state index contributed by atoms with van der Waals surface area (Å²) in [5.74, 6) is -0.471. The molecule has 1 aromatic carbocycles. The van der Waals surface area contributed by atoms with E-state index in [2.05, 4.69) is 10.3 Å². The van der Waals surface area contributed by atoms with Crippen molar-refractivity contribution in [2.75, 3.05) is 11.9 Å². The molecule has 0 atom stereocenters. The van der Waals surface area contributed by atoms with E-state index >= 15 is 0 Å². The Morgan fingerprint density at radius 1 is 1.19 bits per heavy atom. The maximum absolute atomic E-state index is 12.0. The first-order valence-corrected chi connectivity index (χ1v) is 9.53. The van der Waals surface area contributed by atoms with Gasteiger partial charge in [-0.1, -0.05) is 23.7 Å². The lowest BCUT2D eigenvalue weighted by Gasteiger charge is -2.12. The lowest BCUT2D eigenvalue weighted by atomic mass is 10.1. The molecule has 0 aliphatic carbocycles. The number of benzene rings is 1. The predicted octanol–water partition coefficient (Wildman–Crippen LogP) is 3.26. The van der Waals surface area contributed by atoms with Crippen LogP contribution in [-0.4, -0.2) is 34.2 Å². The molecule has 2 heterocycles. The molecule has 1 saturated heterocycles. The van der Waals surface area contributed by atoms with Crippen molar-refractivity contribution >= 4 is 45.8 Å². The number of nitrogens with one attached hydrogen (secondary N) is 1. The summed E-state index contributed by atoms with van der Waals surface area (Å²) in [4.78, 5) is 41.5. The van der Waals surface area contributed by atoms with Gasteiger partial charge in [0.2, 0.25) is 17.7 Å². The summed E-state index contributed by atoms with van der Waals surface area (Å²) in [6, 6.07) is 7.61. The quantitative estimate of drug-likeness (QED) is 0.735. The summed E-state index contributed by atoms with van der Waals surface area (Å²) in [5, 5.41) is 4.01. The fourth-order valence-electron chi connectivity index (χ4n) is 2.70. The molecular formula is C18H18ClN3O3S. The number of hydrogen-bond donors (Lipinski definition) is 1. The molecule has 0 radical (unpaired) electrons. The number of amides is 3. The molecule has 6 nitrogen and oxygen atoms in total. The van der Waals surface area contributed by atoms with Crippen LogP contribution in [0.25, 0.3) is 0 Å². The standard InChI is InChI=1S/C18H18ClN3O3S/c19-13-5-3-12(4-6-13)10-14-11-20-18(26-14)21-15(23)2-1-9-22-16(24)7-8-17(22)25/h3-6,11H,1-2,7-10H2,(H,20,21,23). The number of likely N-dealkylation sites (tertiary alicyclic amines) is 1. The summed E-state index contributed by atoms with van der Waals surface area (Å²) >= 11 is 7.30. The summed E-state index contributed by atoms with van der Waals surface area (Å²) in [5.41, 5.74) is 1.12. The van der Waals surface area contributed by atoms with E-state index in [1.54, 1.807) is 6.20 Å². The Morgan fingerprint density at radius 2 is 1.88 bits per heavy atom. The zero-order chi connectivity index (χ0) is 18.5. The molecule has 1 fully saturated rings. The molecule has 8 heteroatoms. The van der Waals surface area contributed by atoms with Crippen LogP contribution >= 0.6 is 22.9 Å². The number of aromatic nitrogens is 1. The SMILES string of the molecule is O=C(CCCN1C(=O)CCC1=O)Nc1ncc(Cc2ccc(Cl)cc2)s1. The van der Waals surface area contributed by atoms with Gasteiger partial charge in [-0.25, -0.2) is 4.98 Å². The van der Waals surface area contributed by atoms with Gasteiger partial charge in [0.05, 0.1) is 0 Å². The number of hydrogen-bond acceptors (Lipinski definition) is 5. The molecule has 2 aromatic rings. The Bertz CT molecular complexity index is 803. The topological polar surface area (TPSA) is 79.4 Å². The normalized spacial score (nSPS) is 14.1. The van der Waals surface area contributed by atoms with Crippen molar-refractivity contribution in [3.63, 3.8) is 0 Å². The Balaban J connectivity index is 1.44. The maximum Gasteiger partial charge on any atom is 0.229 e. The van der Waals surface area contributed by atoms with E-state index < -0.39 is 0 Å². The molecule has 1 aromatic heterocycles. The van der Waals surface area contributed by atoms with Gasteiger partial charge in [-0.15, -0.1) is 11.3 Å². The van der Waals surface area contributed by atoms with Gasteiger partial charge >= 0.3 is 0 Å².